The predicted molar refractivity (Wildman–Crippen MR) is 72.1 cm³/mol. The Morgan fingerprint density at radius 3 is 2.79 bits per heavy atom. The summed E-state index contributed by atoms with van der Waals surface area (Å²) in [5, 5.41) is 3.10. The summed E-state index contributed by atoms with van der Waals surface area (Å²) in [5.74, 6) is 0.853. The molecule has 4 nitrogen and oxygen atoms in total. The lowest BCUT2D eigenvalue weighted by molar-refractivity contribution is 0.422. The maximum atomic E-state index is 13.9. The fourth-order valence-electron chi connectivity index (χ4n) is 1.69. The van der Waals surface area contributed by atoms with E-state index in [-0.39, 0.29) is 11.6 Å². The number of halogens is 1. The van der Waals surface area contributed by atoms with Crippen LogP contribution in [0, 0.1) is 19.7 Å². The number of benzene rings is 1. The summed E-state index contributed by atoms with van der Waals surface area (Å²) in [5.41, 5.74) is 1.29. The molecule has 0 radical (unpaired) electrons. The number of rotatable bonds is 4. The zero-order valence-electron chi connectivity index (χ0n) is 11.2. The summed E-state index contributed by atoms with van der Waals surface area (Å²) in [7, 11) is 0. The standard InChI is InChI=1S/C14H16FN3O/c1-4-16-13-10(3)14(18-8-17-13)19-11-7-5-6-9(2)12(11)15/h5-8H,4H2,1-3H3,(H,16,17,18). The second kappa shape index (κ2) is 5.65. The zero-order valence-corrected chi connectivity index (χ0v) is 11.2. The highest BCUT2D eigenvalue weighted by molar-refractivity contribution is 5.48. The lowest BCUT2D eigenvalue weighted by atomic mass is 10.2. The number of hydrogen-bond donors (Lipinski definition) is 1. The van der Waals surface area contributed by atoms with Gasteiger partial charge in [-0.1, -0.05) is 12.1 Å². The van der Waals surface area contributed by atoms with Crippen molar-refractivity contribution in [2.24, 2.45) is 0 Å². The van der Waals surface area contributed by atoms with Crippen molar-refractivity contribution in [2.75, 3.05) is 11.9 Å². The molecule has 0 aliphatic heterocycles. The van der Waals surface area contributed by atoms with Gasteiger partial charge in [-0.3, -0.25) is 0 Å². The third-order valence-corrected chi connectivity index (χ3v) is 2.75. The fraction of sp³-hybridized carbons (Fsp3) is 0.286. The van der Waals surface area contributed by atoms with E-state index in [2.05, 4.69) is 15.3 Å². The van der Waals surface area contributed by atoms with E-state index in [9.17, 15) is 4.39 Å². The van der Waals surface area contributed by atoms with E-state index in [1.807, 2.05) is 13.8 Å². The average Bonchev–Trinajstić information content (AvgIpc) is 2.40. The molecular formula is C14H16FN3O. The van der Waals surface area contributed by atoms with E-state index >= 15 is 0 Å². The molecule has 0 atom stereocenters. The van der Waals surface area contributed by atoms with Crippen LogP contribution in [0.5, 0.6) is 11.6 Å². The molecule has 0 unspecified atom stereocenters. The van der Waals surface area contributed by atoms with Gasteiger partial charge in [0.1, 0.15) is 12.1 Å². The van der Waals surface area contributed by atoms with Crippen LogP contribution < -0.4 is 10.1 Å². The van der Waals surface area contributed by atoms with Gasteiger partial charge in [-0.05, 0) is 32.4 Å². The van der Waals surface area contributed by atoms with Crippen molar-refractivity contribution in [1.82, 2.24) is 9.97 Å². The summed E-state index contributed by atoms with van der Waals surface area (Å²) in [6.45, 7) is 6.25. The number of nitrogens with zero attached hydrogens (tertiary/aromatic N) is 2. The molecule has 1 aromatic heterocycles. The molecule has 1 aromatic carbocycles. The molecule has 0 aliphatic rings. The van der Waals surface area contributed by atoms with Gasteiger partial charge in [0.25, 0.3) is 0 Å². The Morgan fingerprint density at radius 1 is 1.26 bits per heavy atom. The second-order valence-corrected chi connectivity index (χ2v) is 4.17. The molecule has 0 fully saturated rings. The quantitative estimate of drug-likeness (QED) is 0.915. The average molecular weight is 261 g/mol. The molecule has 2 rings (SSSR count). The van der Waals surface area contributed by atoms with Gasteiger partial charge >= 0.3 is 0 Å². The number of aromatic nitrogens is 2. The molecule has 1 heterocycles. The number of anilines is 1. The number of aryl methyl sites for hydroxylation is 1. The predicted octanol–water partition coefficient (Wildman–Crippen LogP) is 3.46. The first-order chi connectivity index (χ1) is 9.13. The fourth-order valence-corrected chi connectivity index (χ4v) is 1.69. The molecule has 0 aliphatic carbocycles. The first-order valence-electron chi connectivity index (χ1n) is 6.12. The Bertz CT molecular complexity index is 587. The molecule has 0 saturated carbocycles. The van der Waals surface area contributed by atoms with Crippen molar-refractivity contribution in [3.8, 4) is 11.6 Å². The van der Waals surface area contributed by atoms with Crippen LogP contribution in [0.1, 0.15) is 18.1 Å². The maximum Gasteiger partial charge on any atom is 0.227 e. The molecular weight excluding hydrogens is 245 g/mol. The minimum Gasteiger partial charge on any atom is -0.435 e. The summed E-state index contributed by atoms with van der Waals surface area (Å²) in [6.07, 6.45) is 1.40. The van der Waals surface area contributed by atoms with Crippen molar-refractivity contribution in [1.29, 1.82) is 0 Å². The first-order valence-corrected chi connectivity index (χ1v) is 6.12. The molecule has 0 bridgehead atoms. The van der Waals surface area contributed by atoms with Gasteiger partial charge in [0.05, 0.1) is 5.56 Å². The van der Waals surface area contributed by atoms with E-state index in [0.29, 0.717) is 17.3 Å². The maximum absolute atomic E-state index is 13.9. The van der Waals surface area contributed by atoms with E-state index < -0.39 is 0 Å². The molecule has 19 heavy (non-hydrogen) atoms. The number of nitrogens with one attached hydrogen (secondary N) is 1. The van der Waals surface area contributed by atoms with Crippen LogP contribution in [-0.2, 0) is 0 Å². The first kappa shape index (κ1) is 13.3. The topological polar surface area (TPSA) is 47.0 Å². The van der Waals surface area contributed by atoms with Crippen LogP contribution in [0.3, 0.4) is 0 Å². The Hall–Kier alpha value is -2.17. The van der Waals surface area contributed by atoms with Gasteiger partial charge in [0.2, 0.25) is 5.88 Å². The van der Waals surface area contributed by atoms with Crippen molar-refractivity contribution in [3.05, 3.63) is 41.5 Å². The normalized spacial score (nSPS) is 10.3. The van der Waals surface area contributed by atoms with Gasteiger partial charge in [0.15, 0.2) is 11.6 Å². The Labute approximate surface area is 111 Å². The summed E-state index contributed by atoms with van der Waals surface area (Å²) in [4.78, 5) is 8.16. The van der Waals surface area contributed by atoms with Gasteiger partial charge in [-0.2, -0.15) is 0 Å². The SMILES string of the molecule is CCNc1ncnc(Oc2cccc(C)c2F)c1C. The van der Waals surface area contributed by atoms with Crippen LogP contribution >= 0.6 is 0 Å². The Kier molecular flexibility index (Phi) is 3.94. The largest absolute Gasteiger partial charge is 0.435 e. The van der Waals surface area contributed by atoms with E-state index in [1.165, 1.54) is 6.33 Å². The van der Waals surface area contributed by atoms with Gasteiger partial charge in [0, 0.05) is 6.54 Å². The van der Waals surface area contributed by atoms with Crippen LogP contribution in [0.4, 0.5) is 10.2 Å². The van der Waals surface area contributed by atoms with Crippen LogP contribution in [0.2, 0.25) is 0 Å². The molecule has 5 heteroatoms. The van der Waals surface area contributed by atoms with Crippen molar-refractivity contribution in [3.63, 3.8) is 0 Å². The number of hydrogen-bond acceptors (Lipinski definition) is 4. The summed E-state index contributed by atoms with van der Waals surface area (Å²) < 4.78 is 19.4. The smallest absolute Gasteiger partial charge is 0.227 e. The van der Waals surface area contributed by atoms with E-state index in [1.54, 1.807) is 25.1 Å². The summed E-state index contributed by atoms with van der Waals surface area (Å²) in [6, 6.07) is 5.02. The Balaban J connectivity index is 2.33. The van der Waals surface area contributed by atoms with E-state index in [0.717, 1.165) is 12.1 Å². The molecule has 0 spiro atoms. The third kappa shape index (κ3) is 2.81. The Morgan fingerprint density at radius 2 is 2.05 bits per heavy atom. The third-order valence-electron chi connectivity index (χ3n) is 2.75. The van der Waals surface area contributed by atoms with E-state index in [4.69, 9.17) is 4.74 Å². The lowest BCUT2D eigenvalue weighted by Gasteiger charge is -2.12. The van der Waals surface area contributed by atoms with Crippen LogP contribution in [0.25, 0.3) is 0 Å². The minimum absolute atomic E-state index is 0.171. The molecule has 100 valence electrons. The van der Waals surface area contributed by atoms with Crippen LogP contribution in [0.15, 0.2) is 24.5 Å². The minimum atomic E-state index is -0.370. The zero-order chi connectivity index (χ0) is 13.8. The molecule has 0 saturated heterocycles. The van der Waals surface area contributed by atoms with Gasteiger partial charge in [-0.15, -0.1) is 0 Å². The van der Waals surface area contributed by atoms with Crippen molar-refractivity contribution in [2.45, 2.75) is 20.8 Å². The molecule has 1 N–H and O–H groups in total. The van der Waals surface area contributed by atoms with Gasteiger partial charge < -0.3 is 10.1 Å². The summed E-state index contributed by atoms with van der Waals surface area (Å²) >= 11 is 0. The highest BCUT2D eigenvalue weighted by Gasteiger charge is 2.12. The highest BCUT2D eigenvalue weighted by Crippen LogP contribution is 2.28. The lowest BCUT2D eigenvalue weighted by Crippen LogP contribution is -2.04. The van der Waals surface area contributed by atoms with Gasteiger partial charge in [-0.25, -0.2) is 14.4 Å². The monoisotopic (exact) mass is 261 g/mol. The van der Waals surface area contributed by atoms with Crippen LogP contribution in [-0.4, -0.2) is 16.5 Å². The van der Waals surface area contributed by atoms with Crippen molar-refractivity contribution < 1.29 is 9.13 Å². The van der Waals surface area contributed by atoms with Crippen molar-refractivity contribution >= 4 is 5.82 Å². The highest BCUT2D eigenvalue weighted by atomic mass is 19.1. The molecule has 0 amide bonds. The molecule has 2 aromatic rings. The second-order valence-electron chi connectivity index (χ2n) is 4.17. The number of ether oxygens (including phenoxy) is 1.